The van der Waals surface area contributed by atoms with Gasteiger partial charge in [-0.05, 0) is 109 Å². The Morgan fingerprint density at radius 2 is 1.37 bits per heavy atom. The average molecular weight is 793 g/mol. The molecule has 4 atom stereocenters. The first kappa shape index (κ1) is 38.5. The summed E-state index contributed by atoms with van der Waals surface area (Å²) in [5.41, 5.74) is 7.01. The fourth-order valence-corrected chi connectivity index (χ4v) is 9.42. The van der Waals surface area contributed by atoms with Crippen molar-refractivity contribution < 1.29 is 19.1 Å². The zero-order valence-corrected chi connectivity index (χ0v) is 34.0. The average Bonchev–Trinajstić information content (AvgIpc) is 4.11. The molecule has 59 heavy (non-hydrogen) atoms. The van der Waals surface area contributed by atoms with Crippen LogP contribution in [0.5, 0.6) is 0 Å². The predicted octanol–water partition coefficient (Wildman–Crippen LogP) is 8.32. The molecule has 9 rings (SSSR count). The third-order valence-electron chi connectivity index (χ3n) is 12.5. The Balaban J connectivity index is 0.916. The van der Waals surface area contributed by atoms with E-state index in [4.69, 9.17) is 14.7 Å². The summed E-state index contributed by atoms with van der Waals surface area (Å²) in [6.07, 6.45) is 6.97. The van der Waals surface area contributed by atoms with Gasteiger partial charge in [-0.1, -0.05) is 74.5 Å². The number of hydrogen-bond acceptors (Lipinski definition) is 7. The van der Waals surface area contributed by atoms with Gasteiger partial charge in [-0.3, -0.25) is 14.5 Å². The minimum atomic E-state index is -0.681. The van der Waals surface area contributed by atoms with Crippen LogP contribution < -0.4 is 5.32 Å². The summed E-state index contributed by atoms with van der Waals surface area (Å²) in [5, 5.41) is 4.94. The van der Waals surface area contributed by atoms with Crippen molar-refractivity contribution in [3.05, 3.63) is 108 Å². The first-order chi connectivity index (χ1) is 28.7. The maximum atomic E-state index is 14.4. The topological polar surface area (TPSA) is 140 Å². The number of imidazole rings is 2. The van der Waals surface area contributed by atoms with Gasteiger partial charge in [0, 0.05) is 18.7 Å². The first-order valence-corrected chi connectivity index (χ1v) is 21.1. The van der Waals surface area contributed by atoms with Crippen LogP contribution in [0.25, 0.3) is 44.2 Å². The lowest BCUT2D eigenvalue weighted by atomic mass is 9.99. The molecule has 3 amide bonds. The number of benzene rings is 4. The van der Waals surface area contributed by atoms with Gasteiger partial charge in [0.25, 0.3) is 0 Å². The number of carbonyl (C=O) groups excluding carboxylic acids is 3. The number of aromatic nitrogens is 4. The molecule has 4 aromatic carbocycles. The number of aromatic amines is 2. The van der Waals surface area contributed by atoms with Crippen LogP contribution in [0.2, 0.25) is 0 Å². The Kier molecular flexibility index (Phi) is 10.7. The monoisotopic (exact) mass is 792 g/mol. The molecule has 0 bridgehead atoms. The minimum Gasteiger partial charge on any atom is -0.453 e. The molecule has 3 saturated heterocycles. The number of hydrogen-bond donors (Lipinski definition) is 3. The molecule has 0 aliphatic carbocycles. The van der Waals surface area contributed by atoms with Crippen molar-refractivity contribution in [2.45, 2.75) is 76.5 Å². The van der Waals surface area contributed by atoms with Crippen molar-refractivity contribution in [3.63, 3.8) is 0 Å². The second-order valence-electron chi connectivity index (χ2n) is 16.6. The number of amides is 3. The van der Waals surface area contributed by atoms with Crippen molar-refractivity contribution in [1.82, 2.24) is 40.0 Å². The Bertz CT molecular complexity index is 2490. The van der Waals surface area contributed by atoms with Crippen molar-refractivity contribution >= 4 is 39.7 Å². The van der Waals surface area contributed by atoms with E-state index in [0.717, 1.165) is 120 Å². The van der Waals surface area contributed by atoms with E-state index in [-0.39, 0.29) is 35.9 Å². The van der Waals surface area contributed by atoms with E-state index in [1.165, 1.54) is 7.11 Å². The maximum Gasteiger partial charge on any atom is 0.407 e. The van der Waals surface area contributed by atoms with Gasteiger partial charge in [0.05, 0.1) is 42.1 Å². The second kappa shape index (κ2) is 16.3. The molecule has 3 fully saturated rings. The van der Waals surface area contributed by atoms with Crippen LogP contribution in [0.3, 0.4) is 0 Å². The standard InChI is InChI=1S/C47H52N8O4/c1-29(2)41(52-47(58)59-3)45(56)54-23-9-13-39(54)43-48-28-38(51-43)35-18-17-31-25-32(15-16-33(31)26-35)34-19-20-36-37(27-34)50-44(49-36)40-14-10-24-55(40)46(57)42(53-21-7-8-22-53)30-11-5-4-6-12-30/h4-6,11-12,15-20,25-29,39-42H,7-10,13-14,21-24H2,1-3H3,(H,48,51)(H,49,50)(H,52,58). The zero-order chi connectivity index (χ0) is 40.6. The van der Waals surface area contributed by atoms with Crippen LogP contribution in [0.4, 0.5) is 4.79 Å². The van der Waals surface area contributed by atoms with Crippen LogP contribution in [0.1, 0.15) is 87.7 Å². The molecule has 5 heterocycles. The van der Waals surface area contributed by atoms with Crippen molar-refractivity contribution in [2.75, 3.05) is 33.3 Å². The van der Waals surface area contributed by atoms with E-state index in [2.05, 4.69) is 91.8 Å². The summed E-state index contributed by atoms with van der Waals surface area (Å²) < 4.78 is 4.78. The van der Waals surface area contributed by atoms with Crippen LogP contribution in [0.15, 0.2) is 91.1 Å². The molecule has 4 unspecified atom stereocenters. The lowest BCUT2D eigenvalue weighted by Crippen LogP contribution is -2.51. The van der Waals surface area contributed by atoms with Crippen LogP contribution in [0, 0.1) is 5.92 Å². The number of carbonyl (C=O) groups is 3. The Labute approximate surface area is 344 Å². The Morgan fingerprint density at radius 3 is 2.08 bits per heavy atom. The highest BCUT2D eigenvalue weighted by atomic mass is 16.5. The summed E-state index contributed by atoms with van der Waals surface area (Å²) >= 11 is 0. The lowest BCUT2D eigenvalue weighted by Gasteiger charge is -2.33. The zero-order valence-electron chi connectivity index (χ0n) is 34.0. The van der Waals surface area contributed by atoms with Gasteiger partial charge in [0.2, 0.25) is 11.8 Å². The van der Waals surface area contributed by atoms with E-state index in [1.54, 1.807) is 0 Å². The van der Waals surface area contributed by atoms with Crippen LogP contribution >= 0.6 is 0 Å². The molecule has 0 saturated carbocycles. The predicted molar refractivity (Wildman–Crippen MR) is 228 cm³/mol. The van der Waals surface area contributed by atoms with E-state index >= 15 is 0 Å². The molecule has 3 N–H and O–H groups in total. The smallest absolute Gasteiger partial charge is 0.407 e. The highest BCUT2D eigenvalue weighted by Crippen LogP contribution is 2.38. The maximum absolute atomic E-state index is 14.4. The molecule has 6 aromatic rings. The molecule has 12 heteroatoms. The van der Waals surface area contributed by atoms with Crippen molar-refractivity contribution in [3.8, 4) is 22.4 Å². The largest absolute Gasteiger partial charge is 0.453 e. The summed E-state index contributed by atoms with van der Waals surface area (Å²) in [5.74, 6) is 1.54. The van der Waals surface area contributed by atoms with Crippen molar-refractivity contribution in [2.24, 2.45) is 5.92 Å². The van der Waals surface area contributed by atoms with Gasteiger partial charge in [0.15, 0.2) is 0 Å². The lowest BCUT2D eigenvalue weighted by molar-refractivity contribution is -0.138. The number of fused-ring (bicyclic) bond motifs is 2. The number of H-pyrrole nitrogens is 2. The summed E-state index contributed by atoms with van der Waals surface area (Å²) in [7, 11) is 1.30. The van der Waals surface area contributed by atoms with Crippen LogP contribution in [-0.4, -0.2) is 91.9 Å². The summed E-state index contributed by atoms with van der Waals surface area (Å²) in [4.78, 5) is 63.1. The van der Waals surface area contributed by atoms with E-state index in [0.29, 0.717) is 6.54 Å². The Hall–Kier alpha value is -6.01. The van der Waals surface area contributed by atoms with E-state index < -0.39 is 12.1 Å². The fraction of sp³-hybridized carbons (Fsp3) is 0.383. The molecule has 3 aliphatic rings. The van der Waals surface area contributed by atoms with Gasteiger partial charge in [-0.15, -0.1) is 0 Å². The number of likely N-dealkylation sites (tertiary alicyclic amines) is 3. The van der Waals surface area contributed by atoms with E-state index in [9.17, 15) is 14.4 Å². The number of nitrogens with zero attached hydrogens (tertiary/aromatic N) is 5. The van der Waals surface area contributed by atoms with Gasteiger partial charge < -0.3 is 29.8 Å². The molecule has 3 aliphatic heterocycles. The summed E-state index contributed by atoms with van der Waals surface area (Å²) in [6.45, 7) is 7.06. The fourth-order valence-electron chi connectivity index (χ4n) is 9.42. The number of nitrogens with one attached hydrogen (secondary N) is 3. The minimum absolute atomic E-state index is 0.0832. The van der Waals surface area contributed by atoms with Gasteiger partial charge in [0.1, 0.15) is 23.7 Å². The van der Waals surface area contributed by atoms with Gasteiger partial charge in [-0.25, -0.2) is 14.8 Å². The highest BCUT2D eigenvalue weighted by molar-refractivity contribution is 5.92. The first-order valence-electron chi connectivity index (χ1n) is 21.1. The SMILES string of the molecule is COC(=O)NC(C(=O)N1CCCC1c1ncc(-c2ccc3cc(-c4ccc5nc(C6CCCN6C(=O)C(c6ccccc6)N6CCCC6)[nH]c5c4)ccc3c2)[nH]1)C(C)C. The molecular weight excluding hydrogens is 741 g/mol. The van der Waals surface area contributed by atoms with Gasteiger partial charge in [-0.2, -0.15) is 0 Å². The quantitative estimate of drug-likeness (QED) is 0.127. The number of rotatable bonds is 10. The Morgan fingerprint density at radius 1 is 0.729 bits per heavy atom. The molecule has 0 radical (unpaired) electrons. The van der Waals surface area contributed by atoms with Crippen LogP contribution in [-0.2, 0) is 14.3 Å². The highest BCUT2D eigenvalue weighted by Gasteiger charge is 2.40. The molecule has 12 nitrogen and oxygen atoms in total. The van der Waals surface area contributed by atoms with Gasteiger partial charge >= 0.3 is 6.09 Å². The third-order valence-corrected chi connectivity index (χ3v) is 12.5. The molecule has 304 valence electrons. The normalized spacial score (nSPS) is 19.5. The molecular formula is C47H52N8O4. The second-order valence-corrected chi connectivity index (χ2v) is 16.6. The summed E-state index contributed by atoms with van der Waals surface area (Å²) in [6, 6.07) is 28.3. The molecule has 0 spiro atoms. The van der Waals surface area contributed by atoms with E-state index in [1.807, 2.05) is 43.1 Å². The number of ether oxygens (including phenoxy) is 1. The number of alkyl carbamates (subject to hydrolysis) is 1. The third kappa shape index (κ3) is 7.57. The molecule has 2 aromatic heterocycles. The number of methoxy groups -OCH3 is 1. The van der Waals surface area contributed by atoms with Crippen molar-refractivity contribution in [1.29, 1.82) is 0 Å².